The lowest BCUT2D eigenvalue weighted by atomic mass is 9.69. The summed E-state index contributed by atoms with van der Waals surface area (Å²) >= 11 is 0. The number of likely N-dealkylation sites (tertiary alicyclic amines) is 1. The first-order valence-corrected chi connectivity index (χ1v) is 13.7. The fraction of sp³-hybridized carbons (Fsp3) is 0.414. The monoisotopic (exact) mass is 555 g/mol. The Morgan fingerprint density at radius 1 is 1.02 bits per heavy atom. The summed E-state index contributed by atoms with van der Waals surface area (Å²) in [5.74, 6) is 0.356. The van der Waals surface area contributed by atoms with Gasteiger partial charge in [0.25, 0.3) is 11.8 Å². The Labute approximate surface area is 237 Å². The van der Waals surface area contributed by atoms with Crippen LogP contribution in [-0.4, -0.2) is 82.0 Å². The Bertz CT molecular complexity index is 1390. The van der Waals surface area contributed by atoms with Crippen LogP contribution in [0.3, 0.4) is 0 Å². The van der Waals surface area contributed by atoms with Crippen molar-refractivity contribution in [3.8, 4) is 6.07 Å². The predicted molar refractivity (Wildman–Crippen MR) is 149 cm³/mol. The van der Waals surface area contributed by atoms with Crippen LogP contribution in [0.25, 0.3) is 0 Å². The number of rotatable bonds is 10. The van der Waals surface area contributed by atoms with Crippen LogP contribution < -0.4 is 16.0 Å². The van der Waals surface area contributed by atoms with Gasteiger partial charge in [-0.3, -0.25) is 14.4 Å². The van der Waals surface area contributed by atoms with E-state index in [4.69, 9.17) is 0 Å². The minimum absolute atomic E-state index is 0.0802. The van der Waals surface area contributed by atoms with Crippen LogP contribution in [0.5, 0.6) is 0 Å². The molecular weight excluding hydrogens is 522 g/mol. The highest BCUT2D eigenvalue weighted by Gasteiger charge is 2.54. The van der Waals surface area contributed by atoms with E-state index in [0.717, 1.165) is 24.0 Å². The number of benzene rings is 2. The van der Waals surface area contributed by atoms with Crippen LogP contribution in [0, 0.1) is 17.2 Å². The summed E-state index contributed by atoms with van der Waals surface area (Å²) in [6, 6.07) is 16.3. The lowest BCUT2D eigenvalue weighted by Gasteiger charge is -2.35. The van der Waals surface area contributed by atoms with E-state index in [1.54, 1.807) is 43.3 Å². The van der Waals surface area contributed by atoms with Gasteiger partial charge < -0.3 is 20.9 Å². The number of carbonyl (C=O) groups is 3. The molecule has 2 heterocycles. The molecular formula is C29H33N9O3. The Hall–Kier alpha value is -4.63. The smallest absolute Gasteiger partial charge is 0.251 e. The number of amides is 3. The molecule has 12 nitrogen and oxygen atoms in total. The third-order valence-electron chi connectivity index (χ3n) is 8.22. The first-order chi connectivity index (χ1) is 19.8. The van der Waals surface area contributed by atoms with Crippen molar-refractivity contribution in [3.05, 3.63) is 76.6 Å². The van der Waals surface area contributed by atoms with Crippen molar-refractivity contribution in [1.29, 1.82) is 5.26 Å². The maximum Gasteiger partial charge on any atom is 0.251 e. The quantitative estimate of drug-likeness (QED) is 0.289. The van der Waals surface area contributed by atoms with Gasteiger partial charge in [0.2, 0.25) is 5.91 Å². The Balaban J connectivity index is 1.48. The van der Waals surface area contributed by atoms with E-state index in [2.05, 4.69) is 42.6 Å². The fourth-order valence-corrected chi connectivity index (χ4v) is 6.01. The Kier molecular flexibility index (Phi) is 7.81. The molecule has 1 saturated carbocycles. The summed E-state index contributed by atoms with van der Waals surface area (Å²) in [5, 5.41) is 33.3. The number of hydrogen-bond donors (Lipinski definition) is 4. The molecule has 0 bridgehead atoms. The molecule has 3 amide bonds. The number of fused-ring (bicyclic) bond motifs is 1. The van der Waals surface area contributed by atoms with Crippen LogP contribution in [-0.2, 0) is 10.2 Å². The van der Waals surface area contributed by atoms with Crippen molar-refractivity contribution >= 4 is 17.7 Å². The third-order valence-corrected chi connectivity index (χ3v) is 8.22. The number of aromatic amines is 1. The van der Waals surface area contributed by atoms with E-state index < -0.39 is 5.41 Å². The third kappa shape index (κ3) is 5.28. The lowest BCUT2D eigenvalue weighted by molar-refractivity contribution is -0.131. The number of hydrogen-bond acceptors (Lipinski definition) is 8. The zero-order valence-corrected chi connectivity index (χ0v) is 23.2. The standard InChI is InChI=1S/C29H33N9O3/c1-17(33-16-25(39)38-23(15-30)12-20-13-24(20)38)14-29(28-34-36-37-35-28,21-8-4-18(5-9-21)26(40)31-2)22-10-6-19(7-11-22)27(41)32-3/h4-11,17,20,23-24,33H,12-14,16H2,1-3H3,(H,31,40)(H,32,41)(H,34,35,36,37)/t17-,20-,23?,24+/m1/s1. The van der Waals surface area contributed by atoms with Gasteiger partial charge in [0.15, 0.2) is 5.82 Å². The average molecular weight is 556 g/mol. The average Bonchev–Trinajstić information content (AvgIpc) is 3.37. The van der Waals surface area contributed by atoms with Crippen molar-refractivity contribution in [2.75, 3.05) is 20.6 Å². The van der Waals surface area contributed by atoms with Crippen molar-refractivity contribution in [1.82, 2.24) is 41.5 Å². The molecule has 2 aliphatic rings. The molecule has 4 N–H and O–H groups in total. The second-order valence-corrected chi connectivity index (χ2v) is 10.7. The Morgan fingerprint density at radius 2 is 1.61 bits per heavy atom. The number of aromatic nitrogens is 4. The van der Waals surface area contributed by atoms with Crippen LogP contribution >= 0.6 is 0 Å². The minimum atomic E-state index is -0.949. The molecule has 212 valence electrons. The van der Waals surface area contributed by atoms with E-state index in [1.807, 2.05) is 31.2 Å². The van der Waals surface area contributed by atoms with E-state index in [1.165, 1.54) is 0 Å². The lowest BCUT2D eigenvalue weighted by Crippen LogP contribution is -2.46. The van der Waals surface area contributed by atoms with Crippen molar-refractivity contribution in [2.24, 2.45) is 5.92 Å². The molecule has 1 aromatic heterocycles. The maximum atomic E-state index is 13.1. The number of carbonyl (C=O) groups excluding carboxylic acids is 3. The molecule has 5 rings (SSSR count). The van der Waals surface area contributed by atoms with Crippen molar-refractivity contribution in [3.63, 3.8) is 0 Å². The molecule has 1 unspecified atom stereocenters. The van der Waals surface area contributed by atoms with E-state index >= 15 is 0 Å². The zero-order valence-electron chi connectivity index (χ0n) is 23.2. The number of nitrogens with one attached hydrogen (secondary N) is 4. The van der Waals surface area contributed by atoms with Gasteiger partial charge >= 0.3 is 0 Å². The predicted octanol–water partition coefficient (Wildman–Crippen LogP) is 1.13. The normalized spacial score (nSPS) is 20.0. The SMILES string of the molecule is CNC(=O)c1ccc(C(C[C@@H](C)NCC(=O)N2C(C#N)C[C@@H]3C[C@@H]32)(c2ccc(C(=O)NC)cc2)c2nn[nH]n2)cc1. The molecule has 2 aromatic carbocycles. The van der Waals surface area contributed by atoms with Gasteiger partial charge in [-0.05, 0) is 67.5 Å². The molecule has 4 atom stereocenters. The van der Waals surface area contributed by atoms with Crippen LogP contribution in [0.4, 0.5) is 0 Å². The molecule has 2 fully saturated rings. The summed E-state index contributed by atoms with van der Waals surface area (Å²) in [6.45, 7) is 2.07. The highest BCUT2D eigenvalue weighted by Crippen LogP contribution is 2.47. The summed E-state index contributed by atoms with van der Waals surface area (Å²) in [7, 11) is 3.15. The van der Waals surface area contributed by atoms with Gasteiger partial charge in [-0.15, -0.1) is 10.2 Å². The zero-order chi connectivity index (χ0) is 29.1. The summed E-state index contributed by atoms with van der Waals surface area (Å²) < 4.78 is 0. The van der Waals surface area contributed by atoms with E-state index in [0.29, 0.717) is 29.3 Å². The van der Waals surface area contributed by atoms with Gasteiger partial charge in [-0.2, -0.15) is 10.5 Å². The van der Waals surface area contributed by atoms with Gasteiger partial charge in [-0.1, -0.05) is 29.5 Å². The molecule has 0 spiro atoms. The molecule has 1 aliphatic carbocycles. The highest BCUT2D eigenvalue weighted by atomic mass is 16.2. The van der Waals surface area contributed by atoms with Crippen LogP contribution in [0.2, 0.25) is 0 Å². The highest BCUT2D eigenvalue weighted by molar-refractivity contribution is 5.94. The van der Waals surface area contributed by atoms with E-state index in [9.17, 15) is 19.6 Å². The van der Waals surface area contributed by atoms with Gasteiger partial charge in [-0.25, -0.2) is 0 Å². The summed E-state index contributed by atoms with van der Waals surface area (Å²) in [4.78, 5) is 39.4. The molecule has 1 aliphatic heterocycles. The van der Waals surface area contributed by atoms with Crippen molar-refractivity contribution in [2.45, 2.75) is 49.7 Å². The first kappa shape index (κ1) is 27.9. The first-order valence-electron chi connectivity index (χ1n) is 13.7. The summed E-state index contributed by atoms with van der Waals surface area (Å²) in [5.41, 5.74) is 1.67. The van der Waals surface area contributed by atoms with Gasteiger partial charge in [0.1, 0.15) is 6.04 Å². The molecule has 12 heteroatoms. The fourth-order valence-electron chi connectivity index (χ4n) is 6.01. The second-order valence-electron chi connectivity index (χ2n) is 10.7. The molecule has 1 saturated heterocycles. The number of tetrazole rings is 1. The Morgan fingerprint density at radius 3 is 2.10 bits per heavy atom. The largest absolute Gasteiger partial charge is 0.355 e. The van der Waals surface area contributed by atoms with Gasteiger partial charge in [0.05, 0.1) is 18.0 Å². The number of piperidine rings is 1. The second kappa shape index (κ2) is 11.5. The molecule has 3 aromatic rings. The van der Waals surface area contributed by atoms with Crippen LogP contribution in [0.1, 0.15) is 63.9 Å². The molecule has 0 radical (unpaired) electrons. The van der Waals surface area contributed by atoms with Crippen LogP contribution in [0.15, 0.2) is 48.5 Å². The van der Waals surface area contributed by atoms with Gasteiger partial charge in [0, 0.05) is 37.3 Å². The molecule has 41 heavy (non-hydrogen) atoms. The maximum absolute atomic E-state index is 13.1. The number of nitriles is 1. The number of H-pyrrole nitrogens is 1. The van der Waals surface area contributed by atoms with E-state index in [-0.39, 0.29) is 42.4 Å². The van der Waals surface area contributed by atoms with Crippen molar-refractivity contribution < 1.29 is 14.4 Å². The minimum Gasteiger partial charge on any atom is -0.355 e. The summed E-state index contributed by atoms with van der Waals surface area (Å²) in [6.07, 6.45) is 2.15. The topological polar surface area (TPSA) is 169 Å². The number of nitrogens with zero attached hydrogens (tertiary/aromatic N) is 5.